The Morgan fingerprint density at radius 1 is 1.04 bits per heavy atom. The first-order chi connectivity index (χ1) is 13.0. The van der Waals surface area contributed by atoms with E-state index in [1.54, 1.807) is 6.92 Å². The molecule has 0 fully saturated rings. The molecule has 0 saturated carbocycles. The molecule has 0 saturated heterocycles. The van der Waals surface area contributed by atoms with Gasteiger partial charge in [0.25, 0.3) is 0 Å². The van der Waals surface area contributed by atoms with Crippen molar-refractivity contribution < 1.29 is 23.8 Å². The summed E-state index contributed by atoms with van der Waals surface area (Å²) in [5, 5.41) is 5.39. The lowest BCUT2D eigenvalue weighted by Crippen LogP contribution is -2.45. The molecule has 2 N–H and O–H groups in total. The summed E-state index contributed by atoms with van der Waals surface area (Å²) < 4.78 is 15.8. The third-order valence-corrected chi connectivity index (χ3v) is 4.20. The zero-order chi connectivity index (χ0) is 19.2. The summed E-state index contributed by atoms with van der Waals surface area (Å²) in [5.74, 6) is 1.04. The van der Waals surface area contributed by atoms with Crippen molar-refractivity contribution in [2.45, 2.75) is 32.5 Å². The lowest BCUT2D eigenvalue weighted by atomic mass is 10.1. The second-order valence-corrected chi connectivity index (χ2v) is 6.27. The highest BCUT2D eigenvalue weighted by Gasteiger charge is 2.20. The fourth-order valence-electron chi connectivity index (χ4n) is 2.61. The Morgan fingerprint density at radius 3 is 2.56 bits per heavy atom. The summed E-state index contributed by atoms with van der Waals surface area (Å²) in [6.07, 6.45) is -0.641. The normalized spacial score (nSPS) is 14.1. The fraction of sp³-hybridized carbons (Fsp3) is 0.300. The van der Waals surface area contributed by atoms with Gasteiger partial charge in [0.05, 0.1) is 6.04 Å². The van der Waals surface area contributed by atoms with E-state index in [2.05, 4.69) is 10.6 Å². The average molecular weight is 370 g/mol. The average Bonchev–Trinajstić information content (AvgIpc) is 3.14. The quantitative estimate of drug-likeness (QED) is 0.817. The van der Waals surface area contributed by atoms with E-state index in [1.165, 1.54) is 0 Å². The van der Waals surface area contributed by atoms with Crippen molar-refractivity contribution in [1.82, 2.24) is 10.6 Å². The zero-order valence-electron chi connectivity index (χ0n) is 15.2. The maximum Gasteiger partial charge on any atom is 0.408 e. The lowest BCUT2D eigenvalue weighted by Gasteiger charge is -2.19. The maximum atomic E-state index is 12.3. The summed E-state index contributed by atoms with van der Waals surface area (Å²) >= 11 is 0. The topological polar surface area (TPSA) is 85.9 Å². The molecule has 142 valence electrons. The van der Waals surface area contributed by atoms with Crippen molar-refractivity contribution in [3.05, 3.63) is 59.7 Å². The number of benzene rings is 2. The van der Waals surface area contributed by atoms with Crippen LogP contribution < -0.4 is 20.1 Å². The molecule has 0 aliphatic carbocycles. The van der Waals surface area contributed by atoms with Gasteiger partial charge in [-0.3, -0.25) is 4.79 Å². The summed E-state index contributed by atoms with van der Waals surface area (Å²) in [5.41, 5.74) is 1.76. The van der Waals surface area contributed by atoms with Gasteiger partial charge in [-0.25, -0.2) is 4.79 Å². The first-order valence-corrected chi connectivity index (χ1v) is 8.70. The third-order valence-electron chi connectivity index (χ3n) is 4.20. The molecule has 0 spiro atoms. The first kappa shape index (κ1) is 18.6. The van der Waals surface area contributed by atoms with Crippen LogP contribution in [-0.4, -0.2) is 24.8 Å². The number of hydrogen-bond acceptors (Lipinski definition) is 5. The van der Waals surface area contributed by atoms with Crippen LogP contribution in [0.2, 0.25) is 0 Å². The molecule has 3 rings (SSSR count). The van der Waals surface area contributed by atoms with Crippen LogP contribution in [0.25, 0.3) is 0 Å². The number of ether oxygens (including phenoxy) is 3. The van der Waals surface area contributed by atoms with Crippen molar-refractivity contribution in [2.24, 2.45) is 0 Å². The Hall–Kier alpha value is -3.22. The zero-order valence-corrected chi connectivity index (χ0v) is 15.2. The Morgan fingerprint density at radius 2 is 1.78 bits per heavy atom. The molecule has 1 heterocycles. The van der Waals surface area contributed by atoms with E-state index in [0.29, 0.717) is 11.5 Å². The van der Waals surface area contributed by atoms with Crippen LogP contribution in [0.5, 0.6) is 11.5 Å². The van der Waals surface area contributed by atoms with E-state index in [0.717, 1.165) is 11.1 Å². The lowest BCUT2D eigenvalue weighted by molar-refractivity contribution is -0.123. The molecule has 2 aromatic carbocycles. The van der Waals surface area contributed by atoms with E-state index < -0.39 is 12.1 Å². The van der Waals surface area contributed by atoms with Crippen LogP contribution in [0.4, 0.5) is 4.79 Å². The molecule has 0 aromatic heterocycles. The van der Waals surface area contributed by atoms with Crippen molar-refractivity contribution in [2.75, 3.05) is 6.79 Å². The predicted molar refractivity (Wildman–Crippen MR) is 98.3 cm³/mol. The summed E-state index contributed by atoms with van der Waals surface area (Å²) in [7, 11) is 0. The van der Waals surface area contributed by atoms with Gasteiger partial charge >= 0.3 is 6.09 Å². The van der Waals surface area contributed by atoms with Crippen molar-refractivity contribution in [3.8, 4) is 11.5 Å². The Balaban J connectivity index is 1.47. The molecule has 1 unspecified atom stereocenters. The van der Waals surface area contributed by atoms with Gasteiger partial charge in [0.15, 0.2) is 11.5 Å². The molecular formula is C20H22N2O5. The molecule has 27 heavy (non-hydrogen) atoms. The largest absolute Gasteiger partial charge is 0.454 e. The van der Waals surface area contributed by atoms with E-state index >= 15 is 0 Å². The van der Waals surface area contributed by atoms with Crippen molar-refractivity contribution in [1.29, 1.82) is 0 Å². The highest BCUT2D eigenvalue weighted by atomic mass is 16.7. The Bertz CT molecular complexity index is 809. The standard InChI is InChI=1S/C20H22N2O5/c1-13(16-8-9-17-18(10-16)27-12-26-17)21-19(23)14(2)22-20(24)25-11-15-6-4-3-5-7-15/h3-10,13-14H,11-12H2,1-2H3,(H,21,23)(H,22,24)/t13?,14-/m0/s1. The van der Waals surface area contributed by atoms with Crippen LogP contribution in [0, 0.1) is 0 Å². The number of amides is 2. The van der Waals surface area contributed by atoms with Gasteiger partial charge in [-0.15, -0.1) is 0 Å². The number of nitrogens with one attached hydrogen (secondary N) is 2. The number of hydrogen-bond donors (Lipinski definition) is 2. The molecule has 2 amide bonds. The molecule has 2 aromatic rings. The fourth-order valence-corrected chi connectivity index (χ4v) is 2.61. The maximum absolute atomic E-state index is 12.3. The van der Waals surface area contributed by atoms with Crippen LogP contribution in [0.1, 0.15) is 31.0 Å². The SMILES string of the molecule is CC(NC(=O)[C@H](C)NC(=O)OCc1ccccc1)c1ccc2c(c1)OCO2. The van der Waals surface area contributed by atoms with Gasteiger partial charge < -0.3 is 24.8 Å². The molecule has 0 bridgehead atoms. The van der Waals surface area contributed by atoms with Gasteiger partial charge in [-0.05, 0) is 37.1 Å². The minimum Gasteiger partial charge on any atom is -0.454 e. The number of rotatable bonds is 6. The van der Waals surface area contributed by atoms with Gasteiger partial charge in [-0.2, -0.15) is 0 Å². The Kier molecular flexibility index (Phi) is 5.80. The molecule has 2 atom stereocenters. The highest BCUT2D eigenvalue weighted by Crippen LogP contribution is 2.34. The summed E-state index contributed by atoms with van der Waals surface area (Å²) in [6, 6.07) is 13.9. The predicted octanol–water partition coefficient (Wildman–Crippen LogP) is 2.91. The van der Waals surface area contributed by atoms with Gasteiger partial charge in [0.1, 0.15) is 12.6 Å². The van der Waals surface area contributed by atoms with E-state index in [-0.39, 0.29) is 25.3 Å². The molecule has 1 aliphatic rings. The second-order valence-electron chi connectivity index (χ2n) is 6.27. The van der Waals surface area contributed by atoms with Crippen LogP contribution in [0.15, 0.2) is 48.5 Å². The minimum absolute atomic E-state index is 0.147. The van der Waals surface area contributed by atoms with E-state index in [4.69, 9.17) is 14.2 Å². The molecule has 7 heteroatoms. The molecule has 1 aliphatic heterocycles. The first-order valence-electron chi connectivity index (χ1n) is 8.70. The minimum atomic E-state index is -0.732. The van der Waals surface area contributed by atoms with Crippen molar-refractivity contribution in [3.63, 3.8) is 0 Å². The van der Waals surface area contributed by atoms with Gasteiger partial charge in [0.2, 0.25) is 12.7 Å². The van der Waals surface area contributed by atoms with E-state index in [1.807, 2.05) is 55.5 Å². The number of carbonyl (C=O) groups excluding carboxylic acids is 2. The van der Waals surface area contributed by atoms with Crippen molar-refractivity contribution >= 4 is 12.0 Å². The summed E-state index contributed by atoms with van der Waals surface area (Å²) in [4.78, 5) is 24.2. The van der Waals surface area contributed by atoms with Gasteiger partial charge in [-0.1, -0.05) is 36.4 Å². The number of carbonyl (C=O) groups is 2. The number of fused-ring (bicyclic) bond motifs is 1. The van der Waals surface area contributed by atoms with Crippen LogP contribution in [0.3, 0.4) is 0 Å². The number of alkyl carbamates (subject to hydrolysis) is 1. The van der Waals surface area contributed by atoms with Crippen LogP contribution >= 0.6 is 0 Å². The highest BCUT2D eigenvalue weighted by molar-refractivity contribution is 5.85. The smallest absolute Gasteiger partial charge is 0.408 e. The molecule has 0 radical (unpaired) electrons. The molecule has 7 nitrogen and oxygen atoms in total. The molecular weight excluding hydrogens is 348 g/mol. The second kappa shape index (κ2) is 8.44. The third kappa shape index (κ3) is 4.91. The Labute approximate surface area is 157 Å². The monoisotopic (exact) mass is 370 g/mol. The van der Waals surface area contributed by atoms with E-state index in [9.17, 15) is 9.59 Å². The summed E-state index contributed by atoms with van der Waals surface area (Å²) in [6.45, 7) is 3.81. The van der Waals surface area contributed by atoms with Gasteiger partial charge in [0, 0.05) is 0 Å². The van der Waals surface area contributed by atoms with Crippen LogP contribution in [-0.2, 0) is 16.1 Å².